The van der Waals surface area contributed by atoms with Crippen molar-refractivity contribution in [3.8, 4) is 5.75 Å². The van der Waals surface area contributed by atoms with Crippen molar-refractivity contribution in [1.29, 1.82) is 0 Å². The van der Waals surface area contributed by atoms with Gasteiger partial charge < -0.3 is 14.6 Å². The SMILES string of the molecule is COc1cccc(CNC(=O)c2cccc3c2ccn3C)c1. The lowest BCUT2D eigenvalue weighted by Crippen LogP contribution is -2.22. The number of amides is 1. The van der Waals surface area contributed by atoms with Gasteiger partial charge in [0, 0.05) is 36.3 Å². The fourth-order valence-corrected chi connectivity index (χ4v) is 2.56. The summed E-state index contributed by atoms with van der Waals surface area (Å²) in [5.74, 6) is 0.719. The van der Waals surface area contributed by atoms with Gasteiger partial charge in [0.15, 0.2) is 0 Å². The highest BCUT2D eigenvalue weighted by Crippen LogP contribution is 2.19. The van der Waals surface area contributed by atoms with Crippen LogP contribution in [0.25, 0.3) is 10.9 Å². The summed E-state index contributed by atoms with van der Waals surface area (Å²) in [7, 11) is 3.61. The summed E-state index contributed by atoms with van der Waals surface area (Å²) in [4.78, 5) is 12.4. The number of hydrogen-bond acceptors (Lipinski definition) is 2. The molecule has 0 aliphatic heterocycles. The molecule has 0 fully saturated rings. The number of aromatic nitrogens is 1. The number of hydrogen-bond donors (Lipinski definition) is 1. The Kier molecular flexibility index (Phi) is 3.83. The van der Waals surface area contributed by atoms with E-state index in [-0.39, 0.29) is 5.91 Å². The van der Waals surface area contributed by atoms with Gasteiger partial charge in [-0.05, 0) is 35.9 Å². The number of fused-ring (bicyclic) bond motifs is 1. The van der Waals surface area contributed by atoms with Crippen molar-refractivity contribution in [1.82, 2.24) is 9.88 Å². The molecule has 0 aliphatic rings. The van der Waals surface area contributed by atoms with Gasteiger partial charge in [0.05, 0.1) is 7.11 Å². The van der Waals surface area contributed by atoms with Crippen molar-refractivity contribution in [2.24, 2.45) is 7.05 Å². The lowest BCUT2D eigenvalue weighted by Gasteiger charge is -2.08. The van der Waals surface area contributed by atoms with Crippen LogP contribution in [0.1, 0.15) is 15.9 Å². The summed E-state index contributed by atoms with van der Waals surface area (Å²) < 4.78 is 7.20. The maximum Gasteiger partial charge on any atom is 0.252 e. The molecule has 0 spiro atoms. The van der Waals surface area contributed by atoms with Gasteiger partial charge in [-0.15, -0.1) is 0 Å². The van der Waals surface area contributed by atoms with Crippen molar-refractivity contribution in [2.45, 2.75) is 6.54 Å². The van der Waals surface area contributed by atoms with Crippen LogP contribution in [0.3, 0.4) is 0 Å². The molecule has 3 rings (SSSR count). The molecule has 1 aromatic heterocycles. The first kappa shape index (κ1) is 14.2. The highest BCUT2D eigenvalue weighted by molar-refractivity contribution is 6.06. The van der Waals surface area contributed by atoms with Gasteiger partial charge in [-0.25, -0.2) is 0 Å². The molecule has 0 unspecified atom stereocenters. The number of carbonyl (C=O) groups is 1. The van der Waals surface area contributed by atoms with E-state index in [1.165, 1.54) is 0 Å². The zero-order chi connectivity index (χ0) is 15.5. The van der Waals surface area contributed by atoms with Crippen LogP contribution >= 0.6 is 0 Å². The molecule has 0 atom stereocenters. The maximum absolute atomic E-state index is 12.4. The van der Waals surface area contributed by atoms with E-state index in [9.17, 15) is 4.79 Å². The monoisotopic (exact) mass is 294 g/mol. The van der Waals surface area contributed by atoms with Crippen LogP contribution in [0.5, 0.6) is 5.75 Å². The molecule has 1 amide bonds. The number of carbonyl (C=O) groups excluding carboxylic acids is 1. The zero-order valence-electron chi connectivity index (χ0n) is 12.7. The summed E-state index contributed by atoms with van der Waals surface area (Å²) >= 11 is 0. The molecule has 3 aromatic rings. The molecule has 2 aromatic carbocycles. The van der Waals surface area contributed by atoms with E-state index < -0.39 is 0 Å². The van der Waals surface area contributed by atoms with Crippen molar-refractivity contribution in [3.63, 3.8) is 0 Å². The first-order chi connectivity index (χ1) is 10.7. The van der Waals surface area contributed by atoms with E-state index in [1.807, 2.05) is 66.3 Å². The minimum Gasteiger partial charge on any atom is -0.497 e. The molecule has 112 valence electrons. The molecule has 1 N–H and O–H groups in total. The minimum absolute atomic E-state index is 0.0698. The van der Waals surface area contributed by atoms with Gasteiger partial charge in [-0.1, -0.05) is 18.2 Å². The Balaban J connectivity index is 1.78. The topological polar surface area (TPSA) is 43.3 Å². The van der Waals surface area contributed by atoms with Crippen molar-refractivity contribution < 1.29 is 9.53 Å². The number of benzene rings is 2. The first-order valence-electron chi connectivity index (χ1n) is 7.14. The van der Waals surface area contributed by atoms with E-state index in [4.69, 9.17) is 4.74 Å². The standard InChI is InChI=1S/C18H18N2O2/c1-20-10-9-15-16(7-4-8-17(15)20)18(21)19-12-13-5-3-6-14(11-13)22-2/h3-11H,12H2,1-2H3,(H,19,21). The molecule has 0 saturated heterocycles. The zero-order valence-corrected chi connectivity index (χ0v) is 12.7. The van der Waals surface area contributed by atoms with Crippen LogP contribution in [0.4, 0.5) is 0 Å². The van der Waals surface area contributed by atoms with Crippen LogP contribution in [-0.2, 0) is 13.6 Å². The number of nitrogens with zero attached hydrogens (tertiary/aromatic N) is 1. The van der Waals surface area contributed by atoms with Gasteiger partial charge in [-0.2, -0.15) is 0 Å². The highest BCUT2D eigenvalue weighted by Gasteiger charge is 2.11. The number of ether oxygens (including phenoxy) is 1. The molecular weight excluding hydrogens is 276 g/mol. The fourth-order valence-electron chi connectivity index (χ4n) is 2.56. The van der Waals surface area contributed by atoms with Crippen LogP contribution < -0.4 is 10.1 Å². The molecule has 0 radical (unpaired) electrons. The number of rotatable bonds is 4. The number of nitrogens with one attached hydrogen (secondary N) is 1. The Bertz CT molecular complexity index is 821. The Labute approximate surface area is 129 Å². The third-order valence-corrected chi connectivity index (χ3v) is 3.76. The Morgan fingerprint density at radius 2 is 2.00 bits per heavy atom. The summed E-state index contributed by atoms with van der Waals surface area (Å²) in [6.07, 6.45) is 1.96. The molecule has 0 bridgehead atoms. The van der Waals surface area contributed by atoms with Crippen molar-refractivity contribution >= 4 is 16.8 Å². The summed E-state index contributed by atoms with van der Waals surface area (Å²) in [6, 6.07) is 15.4. The summed E-state index contributed by atoms with van der Waals surface area (Å²) in [6.45, 7) is 0.471. The first-order valence-corrected chi connectivity index (χ1v) is 7.14. The van der Waals surface area contributed by atoms with Gasteiger partial charge in [0.2, 0.25) is 0 Å². The van der Waals surface area contributed by atoms with Crippen LogP contribution in [-0.4, -0.2) is 17.6 Å². The molecule has 1 heterocycles. The average molecular weight is 294 g/mol. The quantitative estimate of drug-likeness (QED) is 0.803. The van der Waals surface area contributed by atoms with E-state index in [0.29, 0.717) is 12.1 Å². The molecular formula is C18H18N2O2. The molecule has 22 heavy (non-hydrogen) atoms. The Morgan fingerprint density at radius 1 is 1.18 bits per heavy atom. The fraction of sp³-hybridized carbons (Fsp3) is 0.167. The third kappa shape index (κ3) is 2.68. The lowest BCUT2D eigenvalue weighted by atomic mass is 10.1. The predicted octanol–water partition coefficient (Wildman–Crippen LogP) is 3.12. The maximum atomic E-state index is 12.4. The van der Waals surface area contributed by atoms with Gasteiger partial charge in [-0.3, -0.25) is 4.79 Å². The Morgan fingerprint density at radius 3 is 2.82 bits per heavy atom. The van der Waals surface area contributed by atoms with Crippen LogP contribution in [0.15, 0.2) is 54.7 Å². The van der Waals surface area contributed by atoms with Crippen LogP contribution in [0, 0.1) is 0 Å². The predicted molar refractivity (Wildman–Crippen MR) is 87.1 cm³/mol. The Hall–Kier alpha value is -2.75. The van der Waals surface area contributed by atoms with E-state index in [0.717, 1.165) is 22.2 Å². The third-order valence-electron chi connectivity index (χ3n) is 3.76. The largest absolute Gasteiger partial charge is 0.497 e. The molecule has 4 heteroatoms. The smallest absolute Gasteiger partial charge is 0.252 e. The van der Waals surface area contributed by atoms with Crippen LogP contribution in [0.2, 0.25) is 0 Å². The lowest BCUT2D eigenvalue weighted by molar-refractivity contribution is 0.0952. The van der Waals surface area contributed by atoms with Gasteiger partial charge in [0.1, 0.15) is 5.75 Å². The molecule has 4 nitrogen and oxygen atoms in total. The summed E-state index contributed by atoms with van der Waals surface area (Å²) in [5, 5.41) is 3.93. The number of methoxy groups -OCH3 is 1. The second kappa shape index (κ2) is 5.93. The molecule has 0 aliphatic carbocycles. The summed E-state index contributed by atoms with van der Waals surface area (Å²) in [5.41, 5.74) is 2.75. The van der Waals surface area contributed by atoms with Crippen molar-refractivity contribution in [3.05, 3.63) is 65.9 Å². The highest BCUT2D eigenvalue weighted by atomic mass is 16.5. The van der Waals surface area contributed by atoms with E-state index >= 15 is 0 Å². The average Bonchev–Trinajstić information content (AvgIpc) is 2.94. The molecule has 0 saturated carbocycles. The van der Waals surface area contributed by atoms with Gasteiger partial charge >= 0.3 is 0 Å². The van der Waals surface area contributed by atoms with E-state index in [1.54, 1.807) is 7.11 Å². The van der Waals surface area contributed by atoms with Crippen molar-refractivity contribution in [2.75, 3.05) is 7.11 Å². The second-order valence-electron chi connectivity index (χ2n) is 5.20. The minimum atomic E-state index is -0.0698. The number of aryl methyl sites for hydroxylation is 1. The van der Waals surface area contributed by atoms with Gasteiger partial charge in [0.25, 0.3) is 5.91 Å². The normalized spacial score (nSPS) is 10.6. The van der Waals surface area contributed by atoms with E-state index in [2.05, 4.69) is 5.32 Å². The second-order valence-corrected chi connectivity index (χ2v) is 5.20.